The monoisotopic (exact) mass is 344 g/mol. The number of nitro groups is 1. The molecule has 0 atom stereocenters. The lowest BCUT2D eigenvalue weighted by atomic mass is 10.2. The van der Waals surface area contributed by atoms with Gasteiger partial charge < -0.3 is 14.5 Å². The van der Waals surface area contributed by atoms with Gasteiger partial charge in [0.2, 0.25) is 6.79 Å². The highest BCUT2D eigenvalue weighted by atomic mass is 32.2. The van der Waals surface area contributed by atoms with E-state index in [1.807, 2.05) is 12.1 Å². The van der Waals surface area contributed by atoms with Crippen molar-refractivity contribution in [1.29, 1.82) is 0 Å². The molecular weight excluding hydrogens is 332 g/mol. The van der Waals surface area contributed by atoms with Gasteiger partial charge in [-0.1, -0.05) is 11.8 Å². The number of fused-ring (bicyclic) bond motifs is 2. The van der Waals surface area contributed by atoms with Gasteiger partial charge in [-0.15, -0.1) is 0 Å². The Bertz CT molecular complexity index is 915. The van der Waals surface area contributed by atoms with Crippen molar-refractivity contribution >= 4 is 28.5 Å². The average molecular weight is 344 g/mol. The molecule has 3 aromatic rings. The minimum Gasteiger partial charge on any atom is -0.454 e. The first-order valence-electron chi connectivity index (χ1n) is 7.13. The number of benzene rings is 1. The number of ether oxygens (including phenoxy) is 2. The summed E-state index contributed by atoms with van der Waals surface area (Å²) in [5, 5.41) is 11.7. The van der Waals surface area contributed by atoms with Crippen LogP contribution in [0.4, 0.5) is 5.69 Å². The molecule has 1 aliphatic rings. The first-order chi connectivity index (χ1) is 11.6. The molecule has 0 fully saturated rings. The molecule has 0 saturated carbocycles. The molecule has 0 aliphatic carbocycles. The fourth-order valence-electron chi connectivity index (χ4n) is 2.49. The maximum atomic E-state index is 11.0. The van der Waals surface area contributed by atoms with Gasteiger partial charge >= 0.3 is 0 Å². The molecule has 0 saturated heterocycles. The molecule has 0 amide bonds. The Morgan fingerprint density at radius 2 is 2.17 bits per heavy atom. The number of nitrogens with zero attached hydrogens (tertiary/aromatic N) is 3. The molecule has 0 unspecified atom stereocenters. The maximum Gasteiger partial charge on any atom is 0.275 e. The van der Waals surface area contributed by atoms with Crippen LogP contribution in [0, 0.1) is 17.0 Å². The van der Waals surface area contributed by atoms with Crippen LogP contribution in [0.5, 0.6) is 11.5 Å². The summed E-state index contributed by atoms with van der Waals surface area (Å²) in [4.78, 5) is 22.5. The third-order valence-corrected chi connectivity index (χ3v) is 4.66. The topological polar surface area (TPSA) is 103 Å². The van der Waals surface area contributed by atoms with Gasteiger partial charge in [0.05, 0.1) is 21.7 Å². The number of imidazole rings is 1. The summed E-state index contributed by atoms with van der Waals surface area (Å²) in [6.07, 6.45) is 1.46. The Morgan fingerprint density at radius 3 is 2.96 bits per heavy atom. The normalized spacial score (nSPS) is 12.7. The van der Waals surface area contributed by atoms with E-state index >= 15 is 0 Å². The summed E-state index contributed by atoms with van der Waals surface area (Å²) in [6.45, 7) is 1.93. The van der Waals surface area contributed by atoms with Crippen LogP contribution in [0.25, 0.3) is 11.0 Å². The van der Waals surface area contributed by atoms with Crippen LogP contribution in [0.1, 0.15) is 11.3 Å². The number of H-pyrrole nitrogens is 1. The summed E-state index contributed by atoms with van der Waals surface area (Å²) >= 11 is 1.44. The van der Waals surface area contributed by atoms with Gasteiger partial charge in [0.1, 0.15) is 0 Å². The molecule has 0 bridgehead atoms. The van der Waals surface area contributed by atoms with Crippen molar-refractivity contribution in [3.8, 4) is 11.5 Å². The van der Waals surface area contributed by atoms with Gasteiger partial charge in [-0.2, -0.15) is 0 Å². The highest BCUT2D eigenvalue weighted by molar-refractivity contribution is 7.98. The van der Waals surface area contributed by atoms with E-state index in [-0.39, 0.29) is 12.5 Å². The van der Waals surface area contributed by atoms with E-state index in [1.165, 1.54) is 24.0 Å². The summed E-state index contributed by atoms with van der Waals surface area (Å²) in [7, 11) is 0. The van der Waals surface area contributed by atoms with Crippen molar-refractivity contribution in [2.24, 2.45) is 0 Å². The van der Waals surface area contributed by atoms with Crippen LogP contribution in [0.15, 0.2) is 29.6 Å². The van der Waals surface area contributed by atoms with Crippen LogP contribution < -0.4 is 9.47 Å². The molecule has 4 rings (SSSR count). The number of aromatic amines is 1. The van der Waals surface area contributed by atoms with Crippen LogP contribution in [0.3, 0.4) is 0 Å². The van der Waals surface area contributed by atoms with E-state index < -0.39 is 4.92 Å². The lowest BCUT2D eigenvalue weighted by molar-refractivity contribution is -0.385. The Morgan fingerprint density at radius 1 is 1.38 bits per heavy atom. The van der Waals surface area contributed by atoms with Crippen LogP contribution in [-0.4, -0.2) is 26.7 Å². The predicted octanol–water partition coefficient (Wildman–Crippen LogP) is 3.20. The largest absolute Gasteiger partial charge is 0.454 e. The fraction of sp³-hybridized carbons (Fsp3) is 0.200. The molecule has 0 spiro atoms. The Balaban J connectivity index is 1.57. The minimum atomic E-state index is -0.395. The number of hydrogen-bond donors (Lipinski definition) is 1. The summed E-state index contributed by atoms with van der Waals surface area (Å²) in [6, 6.07) is 5.09. The van der Waals surface area contributed by atoms with Crippen molar-refractivity contribution in [2.75, 3.05) is 6.79 Å². The van der Waals surface area contributed by atoms with E-state index in [9.17, 15) is 10.1 Å². The zero-order valence-electron chi connectivity index (χ0n) is 12.6. The zero-order chi connectivity index (χ0) is 16.7. The van der Waals surface area contributed by atoms with Gasteiger partial charge in [-0.05, 0) is 6.92 Å². The summed E-state index contributed by atoms with van der Waals surface area (Å²) in [5.74, 6) is 1.86. The van der Waals surface area contributed by atoms with Crippen LogP contribution in [-0.2, 0) is 5.75 Å². The highest BCUT2D eigenvalue weighted by Gasteiger charge is 2.18. The summed E-state index contributed by atoms with van der Waals surface area (Å²) in [5.41, 5.74) is 2.96. The van der Waals surface area contributed by atoms with Crippen molar-refractivity contribution in [3.63, 3.8) is 0 Å². The molecule has 9 heteroatoms. The Labute approximate surface area is 140 Å². The molecule has 122 valence electrons. The summed E-state index contributed by atoms with van der Waals surface area (Å²) < 4.78 is 10.7. The second kappa shape index (κ2) is 5.68. The molecule has 24 heavy (non-hydrogen) atoms. The molecule has 1 N–H and O–H groups in total. The fourth-order valence-corrected chi connectivity index (χ4v) is 3.40. The number of pyridine rings is 1. The van der Waals surface area contributed by atoms with Crippen LogP contribution >= 0.6 is 11.8 Å². The number of nitrogens with one attached hydrogen (secondary N) is 1. The van der Waals surface area contributed by atoms with Crippen molar-refractivity contribution in [3.05, 3.63) is 45.8 Å². The van der Waals surface area contributed by atoms with E-state index in [2.05, 4.69) is 15.0 Å². The van der Waals surface area contributed by atoms with Gasteiger partial charge in [0.25, 0.3) is 5.69 Å². The predicted molar refractivity (Wildman–Crippen MR) is 87.4 cm³/mol. The molecule has 3 heterocycles. The maximum absolute atomic E-state index is 11.0. The van der Waals surface area contributed by atoms with Gasteiger partial charge in [-0.3, -0.25) is 15.1 Å². The second-order valence-electron chi connectivity index (χ2n) is 5.21. The molecule has 2 aromatic heterocycles. The highest BCUT2D eigenvalue weighted by Crippen LogP contribution is 2.36. The third-order valence-electron chi connectivity index (χ3n) is 3.78. The zero-order valence-corrected chi connectivity index (χ0v) is 13.4. The molecular formula is C15H12N4O4S. The molecule has 1 aromatic carbocycles. The third kappa shape index (κ3) is 2.52. The number of aromatic nitrogens is 3. The first kappa shape index (κ1) is 14.8. The first-order valence-corrected chi connectivity index (χ1v) is 8.11. The van der Waals surface area contributed by atoms with E-state index in [1.54, 1.807) is 6.92 Å². The van der Waals surface area contributed by atoms with Crippen LogP contribution in [0.2, 0.25) is 0 Å². The van der Waals surface area contributed by atoms with E-state index in [0.29, 0.717) is 33.7 Å². The number of hydrogen-bond acceptors (Lipinski definition) is 7. The number of thioether (sulfide) groups is 1. The Hall–Kier alpha value is -2.81. The lowest BCUT2D eigenvalue weighted by Crippen LogP contribution is -1.98. The van der Waals surface area contributed by atoms with Crippen molar-refractivity contribution in [1.82, 2.24) is 15.0 Å². The smallest absolute Gasteiger partial charge is 0.275 e. The standard InChI is InChI=1S/C15H12N4O4S/c1-8-11(16-3-2-12(8)19(20)21)6-24-15-17-9-4-13-14(23-7-22-13)5-10(9)18-15/h2-5H,6-7H2,1H3,(H,17,18). The van der Waals surface area contributed by atoms with Crippen molar-refractivity contribution < 1.29 is 14.4 Å². The Kier molecular flexibility index (Phi) is 3.49. The quantitative estimate of drug-likeness (QED) is 0.440. The van der Waals surface area contributed by atoms with Crippen molar-refractivity contribution in [2.45, 2.75) is 17.8 Å². The van der Waals surface area contributed by atoms with Gasteiger partial charge in [-0.25, -0.2) is 4.98 Å². The van der Waals surface area contributed by atoms with Gasteiger partial charge in [0, 0.05) is 35.7 Å². The lowest BCUT2D eigenvalue weighted by Gasteiger charge is -2.03. The van der Waals surface area contributed by atoms with Gasteiger partial charge in [0.15, 0.2) is 16.7 Å². The van der Waals surface area contributed by atoms with E-state index in [4.69, 9.17) is 9.47 Å². The van der Waals surface area contributed by atoms with E-state index in [0.717, 1.165) is 11.0 Å². The SMILES string of the molecule is Cc1c([N+](=O)[O-])ccnc1CSc1nc2cc3c(cc2[nH]1)OCO3. The minimum absolute atomic E-state index is 0.0796. The number of rotatable bonds is 4. The second-order valence-corrected chi connectivity index (χ2v) is 6.18. The average Bonchev–Trinajstić information content (AvgIpc) is 3.16. The molecule has 1 aliphatic heterocycles. The molecule has 8 nitrogen and oxygen atoms in total. The molecule has 0 radical (unpaired) electrons.